The predicted octanol–water partition coefficient (Wildman–Crippen LogP) is 1.52. The number of hydrogen-bond acceptors (Lipinski definition) is 3. The predicted molar refractivity (Wildman–Crippen MR) is 63.9 cm³/mol. The first kappa shape index (κ1) is 12.9. The average Bonchev–Trinajstić information content (AvgIpc) is 2.29. The molecular weight excluding hydrogens is 188 g/mol. The third-order valence-electron chi connectivity index (χ3n) is 3.52. The summed E-state index contributed by atoms with van der Waals surface area (Å²) in [6.45, 7) is 3.84. The first-order valence-corrected chi connectivity index (χ1v) is 6.26. The van der Waals surface area contributed by atoms with Crippen LogP contribution in [-0.2, 0) is 4.74 Å². The van der Waals surface area contributed by atoms with Gasteiger partial charge in [0.1, 0.15) is 0 Å². The summed E-state index contributed by atoms with van der Waals surface area (Å²) in [5, 5.41) is 3.70. The van der Waals surface area contributed by atoms with Crippen molar-refractivity contribution in [1.82, 2.24) is 5.32 Å². The molecule has 0 radical (unpaired) electrons. The molecule has 15 heavy (non-hydrogen) atoms. The van der Waals surface area contributed by atoms with E-state index < -0.39 is 0 Å². The second-order valence-electron chi connectivity index (χ2n) is 4.61. The molecule has 3 nitrogen and oxygen atoms in total. The van der Waals surface area contributed by atoms with Crippen molar-refractivity contribution in [3.8, 4) is 0 Å². The van der Waals surface area contributed by atoms with Crippen LogP contribution in [0.3, 0.4) is 0 Å². The molecule has 1 aliphatic carbocycles. The number of ether oxygens (including phenoxy) is 1. The fourth-order valence-electron chi connectivity index (χ4n) is 2.50. The number of nitrogens with two attached hydrogens (primary N) is 1. The Bertz CT molecular complexity index is 164. The lowest BCUT2D eigenvalue weighted by molar-refractivity contribution is 0.143. The molecule has 0 aromatic carbocycles. The molecule has 0 saturated heterocycles. The highest BCUT2D eigenvalue weighted by atomic mass is 16.5. The summed E-state index contributed by atoms with van der Waals surface area (Å²) < 4.78 is 5.21. The van der Waals surface area contributed by atoms with Gasteiger partial charge in [-0.25, -0.2) is 0 Å². The van der Waals surface area contributed by atoms with E-state index in [1.54, 1.807) is 7.11 Å². The Morgan fingerprint density at radius 2 is 2.13 bits per heavy atom. The molecule has 3 heteroatoms. The minimum atomic E-state index is 0.493. The molecule has 1 aliphatic rings. The molecule has 3 atom stereocenters. The van der Waals surface area contributed by atoms with E-state index in [1.807, 2.05) is 0 Å². The summed E-state index contributed by atoms with van der Waals surface area (Å²) >= 11 is 0. The third kappa shape index (κ3) is 4.09. The highest BCUT2D eigenvalue weighted by molar-refractivity contribution is 4.84. The maximum atomic E-state index is 5.81. The number of methoxy groups -OCH3 is 1. The Morgan fingerprint density at radius 1 is 1.40 bits per heavy atom. The average molecular weight is 214 g/mol. The van der Waals surface area contributed by atoms with E-state index in [1.165, 1.54) is 25.7 Å². The highest BCUT2D eigenvalue weighted by Gasteiger charge is 2.25. The Balaban J connectivity index is 2.38. The molecule has 0 aromatic heterocycles. The molecule has 1 saturated carbocycles. The summed E-state index contributed by atoms with van der Waals surface area (Å²) in [6, 6.07) is 1.11. The molecule has 0 aromatic rings. The van der Waals surface area contributed by atoms with E-state index in [2.05, 4.69) is 12.2 Å². The quantitative estimate of drug-likeness (QED) is 0.705. The molecule has 0 aliphatic heterocycles. The lowest BCUT2D eigenvalue weighted by Gasteiger charge is -2.34. The molecule has 1 rings (SSSR count). The van der Waals surface area contributed by atoms with Crippen LogP contribution in [0, 0.1) is 5.92 Å². The summed E-state index contributed by atoms with van der Waals surface area (Å²) in [7, 11) is 1.77. The van der Waals surface area contributed by atoms with E-state index in [4.69, 9.17) is 10.5 Å². The minimum Gasteiger partial charge on any atom is -0.383 e. The van der Waals surface area contributed by atoms with Gasteiger partial charge < -0.3 is 15.8 Å². The maximum absolute atomic E-state index is 5.81. The van der Waals surface area contributed by atoms with Crippen molar-refractivity contribution < 1.29 is 4.74 Å². The minimum absolute atomic E-state index is 0.493. The van der Waals surface area contributed by atoms with Crippen LogP contribution in [0.5, 0.6) is 0 Å². The van der Waals surface area contributed by atoms with Crippen LogP contribution in [0.15, 0.2) is 0 Å². The van der Waals surface area contributed by atoms with Crippen molar-refractivity contribution >= 4 is 0 Å². The first-order chi connectivity index (χ1) is 7.31. The summed E-state index contributed by atoms with van der Waals surface area (Å²) in [6.07, 6.45) is 6.39. The largest absolute Gasteiger partial charge is 0.383 e. The lowest BCUT2D eigenvalue weighted by Crippen LogP contribution is -2.47. The van der Waals surface area contributed by atoms with Gasteiger partial charge in [0.25, 0.3) is 0 Å². The zero-order valence-electron chi connectivity index (χ0n) is 10.2. The van der Waals surface area contributed by atoms with E-state index in [-0.39, 0.29) is 0 Å². The standard InChI is InChI=1S/C12H26N2O/c1-3-11(9-15-2)14-12-7-5-4-6-10(12)8-13/h10-12,14H,3-9,13H2,1-2H3. The van der Waals surface area contributed by atoms with Gasteiger partial charge in [-0.05, 0) is 31.7 Å². The second kappa shape index (κ2) is 7.20. The molecule has 0 bridgehead atoms. The summed E-state index contributed by atoms with van der Waals surface area (Å²) in [5.74, 6) is 0.671. The van der Waals surface area contributed by atoms with Crippen LogP contribution in [0.25, 0.3) is 0 Å². The van der Waals surface area contributed by atoms with Crippen molar-refractivity contribution in [2.24, 2.45) is 11.7 Å². The van der Waals surface area contributed by atoms with Gasteiger partial charge in [0.15, 0.2) is 0 Å². The van der Waals surface area contributed by atoms with Gasteiger partial charge in [0.2, 0.25) is 0 Å². The molecule has 0 amide bonds. The Labute approximate surface area is 93.8 Å². The normalized spacial score (nSPS) is 29.0. The van der Waals surface area contributed by atoms with E-state index in [9.17, 15) is 0 Å². The number of nitrogens with one attached hydrogen (secondary N) is 1. The molecule has 90 valence electrons. The van der Waals surface area contributed by atoms with Crippen LogP contribution in [0.1, 0.15) is 39.0 Å². The Kier molecular flexibility index (Phi) is 6.22. The second-order valence-corrected chi connectivity index (χ2v) is 4.61. The van der Waals surface area contributed by atoms with Gasteiger partial charge in [0.05, 0.1) is 6.61 Å². The molecule has 0 heterocycles. The molecule has 3 N–H and O–H groups in total. The maximum Gasteiger partial charge on any atom is 0.0615 e. The third-order valence-corrected chi connectivity index (χ3v) is 3.52. The molecular formula is C12H26N2O. The number of rotatable bonds is 6. The fourth-order valence-corrected chi connectivity index (χ4v) is 2.50. The van der Waals surface area contributed by atoms with Crippen molar-refractivity contribution in [3.05, 3.63) is 0 Å². The van der Waals surface area contributed by atoms with Gasteiger partial charge in [-0.2, -0.15) is 0 Å². The Morgan fingerprint density at radius 3 is 2.73 bits per heavy atom. The van der Waals surface area contributed by atoms with Crippen molar-refractivity contribution in [2.45, 2.75) is 51.1 Å². The SMILES string of the molecule is CCC(COC)NC1CCCCC1CN. The van der Waals surface area contributed by atoms with Crippen LogP contribution in [0.2, 0.25) is 0 Å². The van der Waals surface area contributed by atoms with Crippen molar-refractivity contribution in [1.29, 1.82) is 0 Å². The number of hydrogen-bond donors (Lipinski definition) is 2. The smallest absolute Gasteiger partial charge is 0.0615 e. The lowest BCUT2D eigenvalue weighted by atomic mass is 9.84. The van der Waals surface area contributed by atoms with E-state index >= 15 is 0 Å². The van der Waals surface area contributed by atoms with Crippen LogP contribution in [0.4, 0.5) is 0 Å². The van der Waals surface area contributed by atoms with Crippen LogP contribution in [-0.4, -0.2) is 32.3 Å². The summed E-state index contributed by atoms with van der Waals surface area (Å²) in [5.41, 5.74) is 5.81. The van der Waals surface area contributed by atoms with Gasteiger partial charge in [-0.15, -0.1) is 0 Å². The molecule has 3 unspecified atom stereocenters. The summed E-state index contributed by atoms with van der Waals surface area (Å²) in [4.78, 5) is 0. The fraction of sp³-hybridized carbons (Fsp3) is 1.00. The zero-order valence-corrected chi connectivity index (χ0v) is 10.2. The van der Waals surface area contributed by atoms with Gasteiger partial charge in [-0.3, -0.25) is 0 Å². The van der Waals surface area contributed by atoms with E-state index in [0.717, 1.165) is 19.6 Å². The highest BCUT2D eigenvalue weighted by Crippen LogP contribution is 2.24. The first-order valence-electron chi connectivity index (χ1n) is 6.26. The molecule has 1 fully saturated rings. The monoisotopic (exact) mass is 214 g/mol. The van der Waals surface area contributed by atoms with Gasteiger partial charge >= 0.3 is 0 Å². The van der Waals surface area contributed by atoms with Gasteiger partial charge in [0, 0.05) is 19.2 Å². The van der Waals surface area contributed by atoms with Gasteiger partial charge in [-0.1, -0.05) is 19.8 Å². The molecule has 0 spiro atoms. The topological polar surface area (TPSA) is 47.3 Å². The Hall–Kier alpha value is -0.120. The van der Waals surface area contributed by atoms with Crippen molar-refractivity contribution in [3.63, 3.8) is 0 Å². The van der Waals surface area contributed by atoms with E-state index in [0.29, 0.717) is 18.0 Å². The van der Waals surface area contributed by atoms with Crippen LogP contribution < -0.4 is 11.1 Å². The van der Waals surface area contributed by atoms with Crippen LogP contribution >= 0.6 is 0 Å². The zero-order chi connectivity index (χ0) is 11.1. The van der Waals surface area contributed by atoms with Crippen molar-refractivity contribution in [2.75, 3.05) is 20.3 Å².